The molecule has 2 heterocycles. The molecule has 0 fully saturated rings. The standard InChI is InChI=1S/C19H30N6O/c1-14(15(2)26-5)7-6-8-21-18-17-16(12-25(4)10-9-20-3)11-22-19(17)24-13-23-18/h6-7,11,13,20H,8-10,12H2,1-5H3,(H2,21,22,23,24)/b7-6-,15-14+. The summed E-state index contributed by atoms with van der Waals surface area (Å²) in [5.41, 5.74) is 3.16. The maximum Gasteiger partial charge on any atom is 0.143 e. The average molecular weight is 358 g/mol. The molecule has 142 valence electrons. The topological polar surface area (TPSA) is 78.1 Å². The molecule has 3 N–H and O–H groups in total. The van der Waals surface area contributed by atoms with Crippen LogP contribution in [0.4, 0.5) is 5.82 Å². The number of aromatic nitrogens is 3. The molecule has 2 rings (SSSR count). The Morgan fingerprint density at radius 3 is 2.88 bits per heavy atom. The predicted molar refractivity (Wildman–Crippen MR) is 107 cm³/mol. The number of anilines is 1. The molecule has 0 saturated carbocycles. The quantitative estimate of drug-likeness (QED) is 0.447. The Hall–Kier alpha value is -2.38. The van der Waals surface area contributed by atoms with Crippen LogP contribution in [0.1, 0.15) is 19.4 Å². The minimum atomic E-state index is 0.681. The summed E-state index contributed by atoms with van der Waals surface area (Å²) in [6, 6.07) is 0. The number of rotatable bonds is 10. The van der Waals surface area contributed by atoms with Crippen LogP contribution in [0.15, 0.2) is 36.0 Å². The number of hydrogen-bond acceptors (Lipinski definition) is 6. The number of aromatic amines is 1. The van der Waals surface area contributed by atoms with Gasteiger partial charge in [0.1, 0.15) is 17.8 Å². The van der Waals surface area contributed by atoms with Crippen molar-refractivity contribution in [1.82, 2.24) is 25.2 Å². The van der Waals surface area contributed by atoms with Crippen LogP contribution in [0.5, 0.6) is 0 Å². The van der Waals surface area contributed by atoms with Crippen LogP contribution < -0.4 is 10.6 Å². The van der Waals surface area contributed by atoms with Gasteiger partial charge in [-0.05, 0) is 39.1 Å². The third-order valence-electron chi connectivity index (χ3n) is 4.35. The number of fused-ring (bicyclic) bond motifs is 1. The lowest BCUT2D eigenvalue weighted by Crippen LogP contribution is -2.26. The monoisotopic (exact) mass is 358 g/mol. The number of methoxy groups -OCH3 is 1. The van der Waals surface area contributed by atoms with E-state index in [0.29, 0.717) is 6.54 Å². The van der Waals surface area contributed by atoms with E-state index in [-0.39, 0.29) is 0 Å². The van der Waals surface area contributed by atoms with Crippen molar-refractivity contribution in [3.63, 3.8) is 0 Å². The highest BCUT2D eigenvalue weighted by Crippen LogP contribution is 2.24. The van der Waals surface area contributed by atoms with E-state index in [2.05, 4.69) is 43.6 Å². The second kappa shape index (κ2) is 9.94. The van der Waals surface area contributed by atoms with Gasteiger partial charge in [-0.25, -0.2) is 9.97 Å². The highest BCUT2D eigenvalue weighted by Gasteiger charge is 2.12. The first-order valence-electron chi connectivity index (χ1n) is 8.82. The molecule has 26 heavy (non-hydrogen) atoms. The Balaban J connectivity index is 2.10. The zero-order valence-electron chi connectivity index (χ0n) is 16.4. The van der Waals surface area contributed by atoms with Crippen molar-refractivity contribution in [2.24, 2.45) is 0 Å². The number of allylic oxidation sites excluding steroid dienone is 3. The van der Waals surface area contributed by atoms with Gasteiger partial charge in [-0.2, -0.15) is 0 Å². The van der Waals surface area contributed by atoms with Gasteiger partial charge in [0.2, 0.25) is 0 Å². The minimum Gasteiger partial charge on any atom is -0.501 e. The van der Waals surface area contributed by atoms with Crippen molar-refractivity contribution >= 4 is 16.9 Å². The van der Waals surface area contributed by atoms with Gasteiger partial charge in [0.15, 0.2) is 0 Å². The lowest BCUT2D eigenvalue weighted by atomic mass is 10.2. The van der Waals surface area contributed by atoms with Crippen LogP contribution in [-0.4, -0.2) is 60.7 Å². The van der Waals surface area contributed by atoms with Crippen molar-refractivity contribution in [1.29, 1.82) is 0 Å². The lowest BCUT2D eigenvalue weighted by Gasteiger charge is -2.16. The number of ether oxygens (including phenoxy) is 1. The van der Waals surface area contributed by atoms with Gasteiger partial charge in [-0.15, -0.1) is 0 Å². The highest BCUT2D eigenvalue weighted by atomic mass is 16.5. The molecule has 0 amide bonds. The van der Waals surface area contributed by atoms with E-state index in [1.807, 2.05) is 33.2 Å². The van der Waals surface area contributed by atoms with Crippen molar-refractivity contribution in [2.45, 2.75) is 20.4 Å². The molecule has 2 aromatic heterocycles. The molecule has 2 aromatic rings. The van der Waals surface area contributed by atoms with Gasteiger partial charge < -0.3 is 25.3 Å². The van der Waals surface area contributed by atoms with Crippen molar-refractivity contribution in [3.05, 3.63) is 41.6 Å². The molecule has 0 aliphatic rings. The summed E-state index contributed by atoms with van der Waals surface area (Å²) >= 11 is 0. The summed E-state index contributed by atoms with van der Waals surface area (Å²) in [6.45, 7) is 7.45. The number of H-pyrrole nitrogens is 1. The average Bonchev–Trinajstić information content (AvgIpc) is 3.06. The van der Waals surface area contributed by atoms with Gasteiger partial charge in [0, 0.05) is 32.4 Å². The van der Waals surface area contributed by atoms with E-state index < -0.39 is 0 Å². The van der Waals surface area contributed by atoms with E-state index in [4.69, 9.17) is 4.74 Å². The minimum absolute atomic E-state index is 0.681. The molecule has 0 saturated heterocycles. The second-order valence-electron chi connectivity index (χ2n) is 6.33. The molecule has 0 radical (unpaired) electrons. The number of hydrogen-bond donors (Lipinski definition) is 3. The van der Waals surface area contributed by atoms with E-state index in [1.54, 1.807) is 13.4 Å². The SMILES string of the molecule is CNCCN(C)Cc1c[nH]c2ncnc(NC/C=C\C(C)=C(/C)OC)c12. The molecule has 0 spiro atoms. The second-order valence-corrected chi connectivity index (χ2v) is 6.33. The summed E-state index contributed by atoms with van der Waals surface area (Å²) in [5.74, 6) is 1.77. The molecular formula is C19H30N6O. The fourth-order valence-corrected chi connectivity index (χ4v) is 2.63. The summed E-state index contributed by atoms with van der Waals surface area (Å²) in [6.07, 6.45) is 7.72. The first kappa shape index (κ1) is 19.9. The summed E-state index contributed by atoms with van der Waals surface area (Å²) in [4.78, 5) is 14.3. The summed E-state index contributed by atoms with van der Waals surface area (Å²) in [5, 5.41) is 7.62. The van der Waals surface area contributed by atoms with Crippen LogP contribution in [0, 0.1) is 0 Å². The molecule has 7 heteroatoms. The Bertz CT molecular complexity index is 764. The van der Waals surface area contributed by atoms with Gasteiger partial charge in [-0.1, -0.05) is 12.2 Å². The predicted octanol–water partition coefficient (Wildman–Crippen LogP) is 2.52. The van der Waals surface area contributed by atoms with Crippen LogP contribution >= 0.6 is 0 Å². The van der Waals surface area contributed by atoms with Crippen molar-refractivity contribution in [3.8, 4) is 0 Å². The molecule has 7 nitrogen and oxygen atoms in total. The first-order chi connectivity index (χ1) is 12.6. The Morgan fingerprint density at radius 2 is 2.15 bits per heavy atom. The zero-order valence-corrected chi connectivity index (χ0v) is 16.4. The number of nitrogens with one attached hydrogen (secondary N) is 3. The van der Waals surface area contributed by atoms with Crippen LogP contribution in [0.2, 0.25) is 0 Å². The maximum absolute atomic E-state index is 5.23. The summed E-state index contributed by atoms with van der Waals surface area (Å²) in [7, 11) is 5.76. The molecule has 0 aromatic carbocycles. The Kier molecular flexibility index (Phi) is 7.62. The fourth-order valence-electron chi connectivity index (χ4n) is 2.63. The third-order valence-corrected chi connectivity index (χ3v) is 4.35. The Labute approximate surface area is 155 Å². The third kappa shape index (κ3) is 5.31. The normalized spacial score (nSPS) is 12.8. The molecule has 0 bridgehead atoms. The van der Waals surface area contributed by atoms with Gasteiger partial charge >= 0.3 is 0 Å². The van der Waals surface area contributed by atoms with Crippen molar-refractivity contribution < 1.29 is 4.74 Å². The largest absolute Gasteiger partial charge is 0.501 e. The van der Waals surface area contributed by atoms with Gasteiger partial charge in [-0.3, -0.25) is 0 Å². The van der Waals surface area contributed by atoms with E-state index in [0.717, 1.165) is 47.8 Å². The molecule has 0 unspecified atom stereocenters. The molecular weight excluding hydrogens is 328 g/mol. The van der Waals surface area contributed by atoms with Crippen LogP contribution in [-0.2, 0) is 11.3 Å². The van der Waals surface area contributed by atoms with Crippen LogP contribution in [0.25, 0.3) is 11.0 Å². The lowest BCUT2D eigenvalue weighted by molar-refractivity contribution is 0.290. The zero-order chi connectivity index (χ0) is 18.9. The maximum atomic E-state index is 5.23. The summed E-state index contributed by atoms with van der Waals surface area (Å²) < 4.78 is 5.23. The van der Waals surface area contributed by atoms with Crippen LogP contribution in [0.3, 0.4) is 0 Å². The number of nitrogens with zero attached hydrogens (tertiary/aromatic N) is 3. The first-order valence-corrected chi connectivity index (χ1v) is 8.82. The van der Waals surface area contributed by atoms with E-state index in [9.17, 15) is 0 Å². The smallest absolute Gasteiger partial charge is 0.143 e. The molecule has 0 aliphatic carbocycles. The van der Waals surface area contributed by atoms with E-state index >= 15 is 0 Å². The number of likely N-dealkylation sites (N-methyl/N-ethyl adjacent to an activating group) is 2. The fraction of sp³-hybridized carbons (Fsp3) is 0.474. The highest BCUT2D eigenvalue weighted by molar-refractivity contribution is 5.90. The molecule has 0 aliphatic heterocycles. The Morgan fingerprint density at radius 1 is 1.35 bits per heavy atom. The molecule has 0 atom stereocenters. The van der Waals surface area contributed by atoms with Crippen molar-refractivity contribution in [2.75, 3.05) is 46.2 Å². The van der Waals surface area contributed by atoms with Gasteiger partial charge in [0.25, 0.3) is 0 Å². The van der Waals surface area contributed by atoms with Gasteiger partial charge in [0.05, 0.1) is 18.3 Å². The van der Waals surface area contributed by atoms with E-state index in [1.165, 1.54) is 5.56 Å².